The van der Waals surface area contributed by atoms with Crippen molar-refractivity contribution in [2.24, 2.45) is 37.9 Å². The number of benzene rings is 6. The zero-order valence-corrected chi connectivity index (χ0v) is 55.5. The minimum absolute atomic E-state index is 0.0349. The average molecular weight is 1040 g/mol. The van der Waals surface area contributed by atoms with Crippen LogP contribution in [0.15, 0.2) is 158 Å². The summed E-state index contributed by atoms with van der Waals surface area (Å²) in [6, 6.07) is 56.9. The minimum atomic E-state index is 0.0349. The third kappa shape index (κ3) is 18.7. The summed E-state index contributed by atoms with van der Waals surface area (Å²) in [6.45, 7) is 68.4. The van der Waals surface area contributed by atoms with Gasteiger partial charge < -0.3 is 0 Å². The predicted molar refractivity (Wildman–Crippen MR) is 349 cm³/mol. The van der Waals surface area contributed by atoms with Crippen molar-refractivity contribution in [2.45, 2.75) is 229 Å². The molecule has 0 saturated carbocycles. The lowest BCUT2D eigenvalue weighted by atomic mass is 9.50. The van der Waals surface area contributed by atoms with Crippen LogP contribution >= 0.6 is 0 Å². The van der Waals surface area contributed by atoms with Crippen LogP contribution in [-0.2, 0) is 21.7 Å². The van der Waals surface area contributed by atoms with E-state index in [9.17, 15) is 0 Å². The van der Waals surface area contributed by atoms with Gasteiger partial charge in [-0.25, -0.2) is 0 Å². The Kier molecular flexibility index (Phi) is 22.8. The summed E-state index contributed by atoms with van der Waals surface area (Å²) >= 11 is 0. The maximum absolute atomic E-state index is 2.39. The highest BCUT2D eigenvalue weighted by atomic mass is 14.6. The number of hydrogen-bond donors (Lipinski definition) is 0. The van der Waals surface area contributed by atoms with Crippen LogP contribution in [-0.4, -0.2) is 0 Å². The topological polar surface area (TPSA) is 0 Å². The molecule has 424 valence electrons. The lowest BCUT2D eigenvalue weighted by Crippen LogP contribution is -2.49. The van der Waals surface area contributed by atoms with Crippen molar-refractivity contribution in [3.05, 3.63) is 191 Å². The predicted octanol–water partition coefficient (Wildman–Crippen LogP) is 24.2. The molecule has 0 saturated heterocycles. The van der Waals surface area contributed by atoms with Gasteiger partial charge in [-0.3, -0.25) is 0 Å². The molecule has 2 aliphatic carbocycles. The largest absolute Gasteiger partial charge is 0.0623 e. The molecule has 0 nitrogen and oxygen atoms in total. The summed E-state index contributed by atoms with van der Waals surface area (Å²) in [5.41, 5.74) is 17.1. The summed E-state index contributed by atoms with van der Waals surface area (Å²) in [4.78, 5) is 0. The summed E-state index contributed by atoms with van der Waals surface area (Å²) in [5.74, 6) is 0. The van der Waals surface area contributed by atoms with E-state index >= 15 is 0 Å². The van der Waals surface area contributed by atoms with E-state index in [-0.39, 0.29) is 43.3 Å². The second-order valence-electron chi connectivity index (χ2n) is 32.9. The van der Waals surface area contributed by atoms with Gasteiger partial charge >= 0.3 is 0 Å². The highest BCUT2D eigenvalue weighted by molar-refractivity contribution is 5.83. The van der Waals surface area contributed by atoms with Gasteiger partial charge in [0.2, 0.25) is 0 Å². The Morgan fingerprint density at radius 1 is 0.208 bits per heavy atom. The van der Waals surface area contributed by atoms with Crippen molar-refractivity contribution in [3.63, 3.8) is 0 Å². The molecule has 0 radical (unpaired) electrons. The second kappa shape index (κ2) is 25.6. The molecule has 0 spiro atoms. The standard InChI is InChI=1S/2C21H26.C14H22.C6H6.3C5H12/c2*1-19(2,3)21(20(4,5)6)17-13-9-7-11-15(17)16-12-8-10-14-18(16)21;1-13(2,3)11-8-7-9-12(10-11)14(4,5)6;1-2-4-6-5-3-1;3*1-5(2,3)4/h2*7-14H,1-6H3;7-10H,1-6H3;1-6H;3*1-4H3. The fraction of sp³-hybridized carbons (Fsp3) is 0.532. The van der Waals surface area contributed by atoms with Crippen molar-refractivity contribution < 1.29 is 0 Å². The van der Waals surface area contributed by atoms with Gasteiger partial charge in [-0.2, -0.15) is 0 Å². The SMILES string of the molecule is CC(C)(C)C.CC(C)(C)C.CC(C)(C)C.CC(C)(C)C1(C(C)(C)C)c2ccccc2-c2ccccc21.CC(C)(C)C1(C(C)(C)C)c2ccccc2-c2ccccc21.CC(C)(C)c1cccc(C(C)(C)C)c1.c1ccccc1. The smallest absolute Gasteiger partial charge is 0.0311 e. The molecule has 0 amide bonds. The van der Waals surface area contributed by atoms with E-state index in [1.165, 1.54) is 55.6 Å². The molecule has 2 aliphatic rings. The fourth-order valence-corrected chi connectivity index (χ4v) is 11.8. The van der Waals surface area contributed by atoms with Gasteiger partial charge in [-0.1, -0.05) is 365 Å². The van der Waals surface area contributed by atoms with Crippen LogP contribution in [0.1, 0.15) is 241 Å². The van der Waals surface area contributed by atoms with Crippen LogP contribution in [0.4, 0.5) is 0 Å². The van der Waals surface area contributed by atoms with Gasteiger partial charge in [-0.15, -0.1) is 0 Å². The van der Waals surface area contributed by atoms with Gasteiger partial charge in [0.1, 0.15) is 0 Å². The molecule has 0 N–H and O–H groups in total. The van der Waals surface area contributed by atoms with Crippen LogP contribution < -0.4 is 0 Å². The molecule has 0 unspecified atom stereocenters. The molecule has 0 atom stereocenters. The molecule has 8 rings (SSSR count). The molecule has 77 heavy (non-hydrogen) atoms. The van der Waals surface area contributed by atoms with Gasteiger partial charge in [0, 0.05) is 10.8 Å². The molecule has 6 aromatic rings. The number of fused-ring (bicyclic) bond motifs is 6. The van der Waals surface area contributed by atoms with E-state index in [0.29, 0.717) is 16.2 Å². The monoisotopic (exact) mass is 1040 g/mol. The van der Waals surface area contributed by atoms with E-state index < -0.39 is 0 Å². The van der Waals surface area contributed by atoms with E-state index in [1.807, 2.05) is 36.4 Å². The van der Waals surface area contributed by atoms with E-state index in [1.54, 1.807) is 0 Å². The van der Waals surface area contributed by atoms with Gasteiger partial charge in [0.05, 0.1) is 0 Å². The summed E-state index contributed by atoms with van der Waals surface area (Å²) in [7, 11) is 0. The Morgan fingerprint density at radius 2 is 0.377 bits per heavy atom. The third-order valence-electron chi connectivity index (χ3n) is 13.7. The normalized spacial score (nSPS) is 14.3. The van der Waals surface area contributed by atoms with E-state index in [0.717, 1.165) is 0 Å². The molecule has 6 aromatic carbocycles. The highest BCUT2D eigenvalue weighted by Crippen LogP contribution is 2.66. The summed E-state index contributed by atoms with van der Waals surface area (Å²) < 4.78 is 0. The first-order valence-corrected chi connectivity index (χ1v) is 29.1. The van der Waals surface area contributed by atoms with Crippen LogP contribution in [0.3, 0.4) is 0 Å². The quantitative estimate of drug-likeness (QED) is 0.142. The van der Waals surface area contributed by atoms with Crippen molar-refractivity contribution in [2.75, 3.05) is 0 Å². The van der Waals surface area contributed by atoms with Crippen LogP contribution in [0, 0.1) is 37.9 Å². The van der Waals surface area contributed by atoms with E-state index in [4.69, 9.17) is 0 Å². The Labute approximate surface area is 478 Å². The Balaban J connectivity index is 0.000000337. The van der Waals surface area contributed by atoms with Gasteiger partial charge in [0.25, 0.3) is 0 Å². The molecule has 0 bridgehead atoms. The maximum Gasteiger partial charge on any atom is 0.0311 e. The van der Waals surface area contributed by atoms with Crippen molar-refractivity contribution in [1.29, 1.82) is 0 Å². The van der Waals surface area contributed by atoms with Crippen LogP contribution in [0.5, 0.6) is 0 Å². The first kappa shape index (κ1) is 68.4. The molecule has 0 heterocycles. The lowest BCUT2D eigenvalue weighted by molar-refractivity contribution is 0.0948. The Bertz CT molecular complexity index is 2340. The summed E-state index contributed by atoms with van der Waals surface area (Å²) in [5, 5.41) is 0. The highest BCUT2D eigenvalue weighted by Gasteiger charge is 2.58. The van der Waals surface area contributed by atoms with Gasteiger partial charge in [0.15, 0.2) is 0 Å². The third-order valence-corrected chi connectivity index (χ3v) is 13.7. The van der Waals surface area contributed by atoms with Crippen molar-refractivity contribution >= 4 is 0 Å². The van der Waals surface area contributed by atoms with Crippen LogP contribution in [0.25, 0.3) is 22.3 Å². The lowest BCUT2D eigenvalue weighted by Gasteiger charge is -2.53. The molecule has 0 aromatic heterocycles. The van der Waals surface area contributed by atoms with E-state index in [2.05, 4.69) is 329 Å². The number of hydrogen-bond acceptors (Lipinski definition) is 0. The fourth-order valence-electron chi connectivity index (χ4n) is 11.8. The Morgan fingerprint density at radius 3 is 0.532 bits per heavy atom. The Hall–Kier alpha value is -4.68. The average Bonchev–Trinajstić information content (AvgIpc) is 3.76. The zero-order valence-electron chi connectivity index (χ0n) is 55.5. The summed E-state index contributed by atoms with van der Waals surface area (Å²) in [6.07, 6.45) is 0. The second-order valence-corrected chi connectivity index (χ2v) is 32.9. The maximum atomic E-state index is 2.39. The zero-order chi connectivity index (χ0) is 59.7. The molecule has 0 fully saturated rings. The minimum Gasteiger partial charge on any atom is -0.0623 e. The van der Waals surface area contributed by atoms with Crippen molar-refractivity contribution in [1.82, 2.24) is 0 Å². The first-order valence-electron chi connectivity index (χ1n) is 29.1. The number of rotatable bonds is 0. The first-order chi connectivity index (χ1) is 34.6. The molecular weight excluding hydrogens is 925 g/mol. The molecular formula is C77H116. The molecule has 0 aliphatic heterocycles. The molecule has 0 heteroatoms. The van der Waals surface area contributed by atoms with Gasteiger partial charge in [-0.05, 0) is 104 Å². The van der Waals surface area contributed by atoms with Crippen LogP contribution in [0.2, 0.25) is 0 Å². The van der Waals surface area contributed by atoms with Crippen molar-refractivity contribution in [3.8, 4) is 22.3 Å².